The second-order valence-corrected chi connectivity index (χ2v) is 13.4. The van der Waals surface area contributed by atoms with Gasteiger partial charge >= 0.3 is 0 Å². The Morgan fingerprint density at radius 3 is 1.95 bits per heavy atom. The third-order valence-electron chi connectivity index (χ3n) is 9.01. The van der Waals surface area contributed by atoms with Gasteiger partial charge in [0.1, 0.15) is 23.9 Å². The zero-order chi connectivity index (χ0) is 40.5. The molecule has 0 aliphatic carbocycles. The van der Waals surface area contributed by atoms with Crippen LogP contribution >= 0.6 is 0 Å². The topological polar surface area (TPSA) is 296 Å². The zero-order valence-electron chi connectivity index (χ0n) is 31.3. The van der Waals surface area contributed by atoms with Gasteiger partial charge in [0.25, 0.3) is 5.91 Å². The molecule has 0 aliphatic rings. The van der Waals surface area contributed by atoms with Crippen molar-refractivity contribution >= 4 is 41.2 Å². The number of aliphatic imine (C=N–C) groups is 1. The fourth-order valence-corrected chi connectivity index (χ4v) is 6.02. The number of primary amides is 1. The summed E-state index contributed by atoms with van der Waals surface area (Å²) >= 11 is 0. The number of para-hydroxylation sites is 1. The van der Waals surface area contributed by atoms with Crippen LogP contribution in [0.4, 0.5) is 5.69 Å². The molecule has 0 bridgehead atoms. The number of nitrogen functional groups attached to an aromatic ring is 1. The summed E-state index contributed by atoms with van der Waals surface area (Å²) in [4.78, 5) is 69.9. The molecular weight excluding hydrogens is 704 g/mol. The van der Waals surface area contributed by atoms with Gasteiger partial charge in [-0.2, -0.15) is 0 Å². The molecule has 0 aromatic heterocycles. The van der Waals surface area contributed by atoms with E-state index in [2.05, 4.69) is 26.3 Å². The zero-order valence-corrected chi connectivity index (χ0v) is 31.3. The van der Waals surface area contributed by atoms with Gasteiger partial charge in [0.05, 0.1) is 11.6 Å². The van der Waals surface area contributed by atoms with Crippen LogP contribution in [0.5, 0.6) is 5.75 Å². The van der Waals surface area contributed by atoms with Crippen molar-refractivity contribution in [2.45, 2.75) is 83.0 Å². The maximum Gasteiger partial charge on any atom is 0.253 e. The van der Waals surface area contributed by atoms with Crippen molar-refractivity contribution < 1.29 is 29.1 Å². The summed E-state index contributed by atoms with van der Waals surface area (Å²) in [7, 11) is 0. The van der Waals surface area contributed by atoms with Crippen LogP contribution in [0.3, 0.4) is 0 Å². The van der Waals surface area contributed by atoms with Crippen molar-refractivity contribution in [3.05, 3.63) is 94.5 Å². The highest BCUT2D eigenvalue weighted by Gasteiger charge is 2.30. The lowest BCUT2D eigenvalue weighted by molar-refractivity contribution is -0.133. The lowest BCUT2D eigenvalue weighted by atomic mass is 9.95. The molecule has 15 N–H and O–H groups in total. The van der Waals surface area contributed by atoms with Crippen LogP contribution in [0.2, 0.25) is 0 Å². The monoisotopic (exact) mass is 758 g/mol. The first-order valence-corrected chi connectivity index (χ1v) is 18.1. The summed E-state index contributed by atoms with van der Waals surface area (Å²) in [5.74, 6) is -3.04. The van der Waals surface area contributed by atoms with Crippen LogP contribution in [-0.2, 0) is 32.0 Å². The van der Waals surface area contributed by atoms with Gasteiger partial charge in [0.15, 0.2) is 5.96 Å². The third kappa shape index (κ3) is 14.3. The number of nitrogens with zero attached hydrogens (tertiary/aromatic N) is 1. The second kappa shape index (κ2) is 21.5. The molecule has 55 heavy (non-hydrogen) atoms. The number of guanidine groups is 1. The van der Waals surface area contributed by atoms with Crippen molar-refractivity contribution in [1.29, 1.82) is 0 Å². The molecule has 0 fully saturated rings. The van der Waals surface area contributed by atoms with Gasteiger partial charge in [-0.15, -0.1) is 0 Å². The van der Waals surface area contributed by atoms with Crippen molar-refractivity contribution in [3.8, 4) is 5.75 Å². The van der Waals surface area contributed by atoms with Gasteiger partial charge in [-0.05, 0) is 98.9 Å². The van der Waals surface area contributed by atoms with Gasteiger partial charge in [0.2, 0.25) is 23.6 Å². The van der Waals surface area contributed by atoms with E-state index in [0.717, 1.165) is 22.3 Å². The smallest absolute Gasteiger partial charge is 0.253 e. The molecule has 0 unspecified atom stereocenters. The fourth-order valence-electron chi connectivity index (χ4n) is 6.02. The number of aromatic hydroxyl groups is 1. The van der Waals surface area contributed by atoms with E-state index >= 15 is 0 Å². The summed E-state index contributed by atoms with van der Waals surface area (Å²) in [6.07, 6.45) is 1.71. The number of anilines is 1. The summed E-state index contributed by atoms with van der Waals surface area (Å²) in [5.41, 5.74) is 32.5. The van der Waals surface area contributed by atoms with E-state index in [1.54, 1.807) is 74.5 Å². The largest absolute Gasteiger partial charge is 0.508 e. The standard InChI is InChI=1S/C39H54N10O6/c1-23-19-26(50)20-24(2)28(23)22-30(41)36(53)48-32(16-10-18-46-39(43)44)37(54)49-33(21-25-11-4-3-5-12-25)38(55)47-31(34(42)51)15-8-9-17-45-35(52)27-13-6-7-14-29(27)40/h3-7,11-14,19-20,30-33,50H,8-10,15-18,21-22,40-41H2,1-2H3,(H2,42,51)(H,45,52)(H,47,55)(H,48,53)(H,49,54)(H4,43,44,46)/t30-,31-,32+,33-/m0/s1. The van der Waals surface area contributed by atoms with Crippen LogP contribution in [0.25, 0.3) is 0 Å². The second-order valence-electron chi connectivity index (χ2n) is 13.4. The molecule has 5 amide bonds. The van der Waals surface area contributed by atoms with E-state index in [1.807, 2.05) is 6.07 Å². The first-order chi connectivity index (χ1) is 26.2. The van der Waals surface area contributed by atoms with E-state index in [1.165, 1.54) is 0 Å². The van der Waals surface area contributed by atoms with E-state index < -0.39 is 47.8 Å². The number of amides is 5. The van der Waals surface area contributed by atoms with E-state index in [9.17, 15) is 29.1 Å². The molecule has 0 heterocycles. The molecule has 0 radical (unpaired) electrons. The first-order valence-electron chi connectivity index (χ1n) is 18.1. The fraction of sp³-hybridized carbons (Fsp3) is 0.385. The first kappa shape index (κ1) is 43.2. The Morgan fingerprint density at radius 2 is 1.31 bits per heavy atom. The molecule has 3 aromatic carbocycles. The summed E-state index contributed by atoms with van der Waals surface area (Å²) in [6.45, 7) is 4.08. The van der Waals surface area contributed by atoms with Crippen molar-refractivity contribution in [3.63, 3.8) is 0 Å². The Kier molecular flexibility index (Phi) is 16.9. The third-order valence-corrected chi connectivity index (χ3v) is 9.01. The number of hydrogen-bond donors (Lipinski definition) is 10. The highest BCUT2D eigenvalue weighted by molar-refractivity contribution is 5.99. The highest BCUT2D eigenvalue weighted by atomic mass is 16.3. The maximum atomic E-state index is 13.9. The number of rotatable bonds is 21. The SMILES string of the molecule is Cc1cc(O)cc(C)c1C[C@H](N)C(=O)N[C@H](CCCN=C(N)N)C(=O)N[C@@H](Cc1ccccc1)C(=O)N[C@@H](CCCCNC(=O)c1ccccc1N)C(N)=O. The number of carbonyl (C=O) groups excluding carboxylic acids is 5. The van der Waals surface area contributed by atoms with Gasteiger partial charge < -0.3 is 55.0 Å². The van der Waals surface area contributed by atoms with Crippen LogP contribution < -0.4 is 49.9 Å². The van der Waals surface area contributed by atoms with Gasteiger partial charge in [-0.25, -0.2) is 0 Å². The number of phenols is 1. The van der Waals surface area contributed by atoms with Crippen molar-refractivity contribution in [1.82, 2.24) is 21.3 Å². The van der Waals surface area contributed by atoms with Gasteiger partial charge in [-0.3, -0.25) is 29.0 Å². The minimum absolute atomic E-state index is 0.0616. The lowest BCUT2D eigenvalue weighted by Crippen LogP contribution is -2.58. The number of unbranched alkanes of at least 4 members (excludes halogenated alkanes) is 1. The average molecular weight is 759 g/mol. The van der Waals surface area contributed by atoms with Crippen LogP contribution in [0.15, 0.2) is 71.7 Å². The van der Waals surface area contributed by atoms with Gasteiger partial charge in [0, 0.05) is 25.2 Å². The molecule has 0 saturated carbocycles. The number of carbonyl (C=O) groups is 5. The Labute approximate surface area is 321 Å². The Morgan fingerprint density at radius 1 is 0.727 bits per heavy atom. The molecule has 4 atom stereocenters. The summed E-state index contributed by atoms with van der Waals surface area (Å²) in [5, 5.41) is 20.9. The van der Waals surface area contributed by atoms with Crippen molar-refractivity contribution in [2.75, 3.05) is 18.8 Å². The molecular formula is C39H54N10O6. The predicted molar refractivity (Wildman–Crippen MR) is 211 cm³/mol. The number of phenolic OH excluding ortho intramolecular Hbond substituents is 1. The predicted octanol–water partition coefficient (Wildman–Crippen LogP) is 0.297. The number of hydrogen-bond acceptors (Lipinski definition) is 9. The van der Waals surface area contributed by atoms with Crippen molar-refractivity contribution in [2.24, 2.45) is 27.9 Å². The molecule has 0 spiro atoms. The van der Waals surface area contributed by atoms with E-state index in [4.69, 9.17) is 28.7 Å². The summed E-state index contributed by atoms with van der Waals surface area (Å²) < 4.78 is 0. The number of nitrogens with one attached hydrogen (secondary N) is 4. The molecule has 3 rings (SSSR count). The van der Waals surface area contributed by atoms with Crippen LogP contribution in [-0.4, -0.2) is 77.9 Å². The highest BCUT2D eigenvalue weighted by Crippen LogP contribution is 2.22. The molecule has 296 valence electrons. The number of nitrogens with two attached hydrogens (primary N) is 5. The molecule has 0 saturated heterocycles. The van der Waals surface area contributed by atoms with E-state index in [0.29, 0.717) is 37.1 Å². The van der Waals surface area contributed by atoms with Gasteiger partial charge in [-0.1, -0.05) is 42.5 Å². The Hall–Kier alpha value is -6.16. The Balaban J connectivity index is 1.72. The molecule has 16 heteroatoms. The molecule has 0 aliphatic heterocycles. The number of aryl methyl sites for hydroxylation is 2. The van der Waals surface area contributed by atoms with Crippen LogP contribution in [0.1, 0.15) is 64.7 Å². The van der Waals surface area contributed by atoms with E-state index in [-0.39, 0.29) is 49.8 Å². The minimum Gasteiger partial charge on any atom is -0.508 e. The maximum absolute atomic E-state index is 13.9. The number of benzene rings is 3. The normalized spacial score (nSPS) is 13.0. The average Bonchev–Trinajstić information content (AvgIpc) is 3.13. The Bertz CT molecular complexity index is 1790. The molecule has 16 nitrogen and oxygen atoms in total. The quantitative estimate of drug-likeness (QED) is 0.0307. The molecule has 3 aromatic rings. The minimum atomic E-state index is -1.17. The summed E-state index contributed by atoms with van der Waals surface area (Å²) in [6, 6.07) is 14.4. The lowest BCUT2D eigenvalue weighted by Gasteiger charge is -2.26. The van der Waals surface area contributed by atoms with Crippen LogP contribution in [0, 0.1) is 13.8 Å².